The number of benzene rings is 1. The molecule has 0 spiro atoms. The van der Waals surface area contributed by atoms with Gasteiger partial charge in [-0.05, 0) is 35.0 Å². The Morgan fingerprint density at radius 1 is 1.21 bits per heavy atom. The molecule has 0 saturated heterocycles. The first-order valence-corrected chi connectivity index (χ1v) is 7.04. The van der Waals surface area contributed by atoms with E-state index >= 15 is 0 Å². The Morgan fingerprint density at radius 2 is 2.05 bits per heavy atom. The van der Waals surface area contributed by atoms with Crippen LogP contribution in [0, 0.1) is 0 Å². The van der Waals surface area contributed by atoms with Gasteiger partial charge in [0.25, 0.3) is 0 Å². The van der Waals surface area contributed by atoms with Gasteiger partial charge in [-0.25, -0.2) is 9.97 Å². The summed E-state index contributed by atoms with van der Waals surface area (Å²) in [5, 5.41) is 3.26. The maximum absolute atomic E-state index is 5.47. The molecule has 0 radical (unpaired) electrons. The summed E-state index contributed by atoms with van der Waals surface area (Å²) in [6.07, 6.45) is 0.799. The number of hydrogen-bond donors (Lipinski definition) is 1. The summed E-state index contributed by atoms with van der Waals surface area (Å²) in [4.78, 5) is 8.71. The standard InChI is InChI=1S/C14H16BrN3O/c1-3-13-17-12(15)9-14(18-13)16-10-6-5-7-11(8-10)19-4-2/h5-9H,3-4H2,1-2H3,(H,16,17,18). The number of aryl methyl sites for hydroxylation is 1. The molecule has 2 aromatic rings. The highest BCUT2D eigenvalue weighted by Crippen LogP contribution is 2.22. The summed E-state index contributed by atoms with van der Waals surface area (Å²) in [6, 6.07) is 9.66. The zero-order chi connectivity index (χ0) is 13.7. The molecule has 0 atom stereocenters. The monoisotopic (exact) mass is 321 g/mol. The molecule has 1 heterocycles. The molecule has 0 unspecified atom stereocenters. The van der Waals surface area contributed by atoms with E-state index in [1.54, 1.807) is 0 Å². The Bertz CT molecular complexity index is 560. The van der Waals surface area contributed by atoms with Gasteiger partial charge in [-0.3, -0.25) is 0 Å². The summed E-state index contributed by atoms with van der Waals surface area (Å²) in [7, 11) is 0. The Morgan fingerprint density at radius 3 is 2.79 bits per heavy atom. The minimum atomic E-state index is 0.655. The Hall–Kier alpha value is -1.62. The summed E-state index contributed by atoms with van der Waals surface area (Å²) >= 11 is 3.39. The van der Waals surface area contributed by atoms with Gasteiger partial charge in [0.2, 0.25) is 0 Å². The third-order valence-corrected chi connectivity index (χ3v) is 2.88. The van der Waals surface area contributed by atoms with Crippen LogP contribution in [0.25, 0.3) is 0 Å². The van der Waals surface area contributed by atoms with E-state index in [2.05, 4.69) is 31.2 Å². The molecule has 0 amide bonds. The van der Waals surface area contributed by atoms with Gasteiger partial charge >= 0.3 is 0 Å². The van der Waals surface area contributed by atoms with E-state index < -0.39 is 0 Å². The quantitative estimate of drug-likeness (QED) is 0.847. The number of nitrogens with one attached hydrogen (secondary N) is 1. The molecule has 0 aliphatic carbocycles. The third-order valence-electron chi connectivity index (χ3n) is 2.47. The number of anilines is 2. The summed E-state index contributed by atoms with van der Waals surface area (Å²) < 4.78 is 6.25. The average molecular weight is 322 g/mol. The van der Waals surface area contributed by atoms with E-state index in [1.165, 1.54) is 0 Å². The van der Waals surface area contributed by atoms with Gasteiger partial charge in [0, 0.05) is 24.2 Å². The van der Waals surface area contributed by atoms with E-state index in [0.717, 1.165) is 34.1 Å². The zero-order valence-electron chi connectivity index (χ0n) is 11.0. The molecule has 0 bridgehead atoms. The molecule has 1 aromatic heterocycles. The lowest BCUT2D eigenvalue weighted by Gasteiger charge is -2.09. The second-order valence-electron chi connectivity index (χ2n) is 3.93. The number of ether oxygens (including phenoxy) is 1. The van der Waals surface area contributed by atoms with Crippen LogP contribution in [0.1, 0.15) is 19.7 Å². The van der Waals surface area contributed by atoms with Crippen LogP contribution in [0.4, 0.5) is 11.5 Å². The van der Waals surface area contributed by atoms with Crippen molar-refractivity contribution >= 4 is 27.4 Å². The van der Waals surface area contributed by atoms with Crippen molar-refractivity contribution in [2.75, 3.05) is 11.9 Å². The van der Waals surface area contributed by atoms with Gasteiger partial charge in [-0.1, -0.05) is 13.0 Å². The SMILES string of the molecule is CCOc1cccc(Nc2cc(Br)nc(CC)n2)c1. The first-order valence-electron chi connectivity index (χ1n) is 6.24. The third kappa shape index (κ3) is 3.92. The lowest BCUT2D eigenvalue weighted by molar-refractivity contribution is 0.340. The van der Waals surface area contributed by atoms with Crippen molar-refractivity contribution in [1.82, 2.24) is 9.97 Å². The number of aromatic nitrogens is 2. The number of hydrogen-bond acceptors (Lipinski definition) is 4. The van der Waals surface area contributed by atoms with Gasteiger partial charge in [-0.2, -0.15) is 0 Å². The van der Waals surface area contributed by atoms with Gasteiger partial charge in [0.1, 0.15) is 22.0 Å². The van der Waals surface area contributed by atoms with E-state index in [1.807, 2.05) is 44.2 Å². The highest BCUT2D eigenvalue weighted by molar-refractivity contribution is 9.10. The van der Waals surface area contributed by atoms with Crippen molar-refractivity contribution in [2.24, 2.45) is 0 Å². The topological polar surface area (TPSA) is 47.0 Å². The Labute approximate surface area is 121 Å². The average Bonchev–Trinajstić information content (AvgIpc) is 2.39. The van der Waals surface area contributed by atoms with E-state index in [0.29, 0.717) is 6.61 Å². The fourth-order valence-electron chi connectivity index (χ4n) is 1.67. The second-order valence-corrected chi connectivity index (χ2v) is 4.74. The fraction of sp³-hybridized carbons (Fsp3) is 0.286. The van der Waals surface area contributed by atoms with Crippen LogP contribution in [0.2, 0.25) is 0 Å². The molecule has 0 aliphatic heterocycles. The molecule has 0 saturated carbocycles. The van der Waals surface area contributed by atoms with Gasteiger partial charge in [0.05, 0.1) is 6.61 Å². The van der Waals surface area contributed by atoms with Crippen molar-refractivity contribution < 1.29 is 4.74 Å². The van der Waals surface area contributed by atoms with Crippen LogP contribution in [0.15, 0.2) is 34.9 Å². The van der Waals surface area contributed by atoms with Crippen molar-refractivity contribution in [3.05, 3.63) is 40.8 Å². The zero-order valence-corrected chi connectivity index (χ0v) is 12.6. The lowest BCUT2D eigenvalue weighted by atomic mass is 10.3. The summed E-state index contributed by atoms with van der Waals surface area (Å²) in [5.74, 6) is 2.42. The number of nitrogens with zero attached hydrogens (tertiary/aromatic N) is 2. The lowest BCUT2D eigenvalue weighted by Crippen LogP contribution is -2.00. The summed E-state index contributed by atoms with van der Waals surface area (Å²) in [6.45, 7) is 4.65. The molecule has 1 N–H and O–H groups in total. The molecule has 1 aromatic carbocycles. The highest BCUT2D eigenvalue weighted by Gasteiger charge is 2.03. The fourth-order valence-corrected chi connectivity index (χ4v) is 2.09. The van der Waals surface area contributed by atoms with E-state index in [4.69, 9.17) is 4.74 Å². The number of rotatable bonds is 5. The maximum Gasteiger partial charge on any atom is 0.135 e. The molecule has 0 aliphatic rings. The van der Waals surface area contributed by atoms with Crippen molar-refractivity contribution in [3.63, 3.8) is 0 Å². The van der Waals surface area contributed by atoms with Crippen LogP contribution < -0.4 is 10.1 Å². The predicted octanol–water partition coefficient (Wildman–Crippen LogP) is 3.94. The molecule has 5 heteroatoms. The molecule has 2 rings (SSSR count). The molecule has 4 nitrogen and oxygen atoms in total. The Balaban J connectivity index is 2.20. The largest absolute Gasteiger partial charge is 0.494 e. The van der Waals surface area contributed by atoms with Crippen LogP contribution in [-0.2, 0) is 6.42 Å². The van der Waals surface area contributed by atoms with Crippen molar-refractivity contribution in [2.45, 2.75) is 20.3 Å². The van der Waals surface area contributed by atoms with Gasteiger partial charge < -0.3 is 10.1 Å². The first kappa shape index (κ1) is 13.8. The normalized spacial score (nSPS) is 10.3. The smallest absolute Gasteiger partial charge is 0.135 e. The molecule has 100 valence electrons. The van der Waals surface area contributed by atoms with Gasteiger partial charge in [0.15, 0.2) is 0 Å². The van der Waals surface area contributed by atoms with Crippen LogP contribution in [0.3, 0.4) is 0 Å². The van der Waals surface area contributed by atoms with E-state index in [9.17, 15) is 0 Å². The van der Waals surface area contributed by atoms with Crippen LogP contribution in [0.5, 0.6) is 5.75 Å². The minimum Gasteiger partial charge on any atom is -0.494 e. The van der Waals surface area contributed by atoms with Crippen LogP contribution >= 0.6 is 15.9 Å². The second kappa shape index (κ2) is 6.52. The Kier molecular flexibility index (Phi) is 4.74. The molecular formula is C14H16BrN3O. The number of halogens is 1. The molecule has 19 heavy (non-hydrogen) atoms. The van der Waals surface area contributed by atoms with Crippen LogP contribution in [-0.4, -0.2) is 16.6 Å². The minimum absolute atomic E-state index is 0.655. The van der Waals surface area contributed by atoms with Crippen molar-refractivity contribution in [1.29, 1.82) is 0 Å². The molecular weight excluding hydrogens is 306 g/mol. The predicted molar refractivity (Wildman–Crippen MR) is 80.0 cm³/mol. The van der Waals surface area contributed by atoms with E-state index in [-0.39, 0.29) is 0 Å². The maximum atomic E-state index is 5.47. The summed E-state index contributed by atoms with van der Waals surface area (Å²) in [5.41, 5.74) is 0.943. The van der Waals surface area contributed by atoms with Crippen molar-refractivity contribution in [3.8, 4) is 5.75 Å². The first-order chi connectivity index (χ1) is 9.21. The van der Waals surface area contributed by atoms with Gasteiger partial charge in [-0.15, -0.1) is 0 Å². The molecule has 0 fully saturated rings. The highest BCUT2D eigenvalue weighted by atomic mass is 79.9.